The van der Waals surface area contributed by atoms with Crippen molar-refractivity contribution in [3.05, 3.63) is 0 Å². The summed E-state index contributed by atoms with van der Waals surface area (Å²) < 4.78 is 5.43. The lowest BCUT2D eigenvalue weighted by Gasteiger charge is -2.39. The molecular formula is C13H26N2O. The van der Waals surface area contributed by atoms with Crippen LogP contribution in [0.15, 0.2) is 0 Å². The lowest BCUT2D eigenvalue weighted by molar-refractivity contribution is 0.0228. The highest BCUT2D eigenvalue weighted by Crippen LogP contribution is 2.24. The van der Waals surface area contributed by atoms with Crippen LogP contribution in [-0.4, -0.2) is 43.3 Å². The molecule has 1 aliphatic heterocycles. The van der Waals surface area contributed by atoms with E-state index in [1.165, 1.54) is 44.9 Å². The van der Waals surface area contributed by atoms with E-state index in [1.807, 2.05) is 0 Å². The average molecular weight is 226 g/mol. The molecule has 0 aromatic heterocycles. The van der Waals surface area contributed by atoms with E-state index in [0.717, 1.165) is 13.2 Å². The van der Waals surface area contributed by atoms with E-state index in [0.29, 0.717) is 18.1 Å². The van der Waals surface area contributed by atoms with Crippen molar-refractivity contribution in [3.63, 3.8) is 0 Å². The predicted molar refractivity (Wildman–Crippen MR) is 66.5 cm³/mol. The highest BCUT2D eigenvalue weighted by molar-refractivity contribution is 4.87. The molecule has 0 radical (unpaired) electrons. The van der Waals surface area contributed by atoms with Crippen LogP contribution in [-0.2, 0) is 4.74 Å². The summed E-state index contributed by atoms with van der Waals surface area (Å²) in [6.07, 6.45) is 8.89. The second kappa shape index (κ2) is 5.99. The van der Waals surface area contributed by atoms with Crippen molar-refractivity contribution in [1.29, 1.82) is 0 Å². The molecule has 3 heteroatoms. The first-order valence-corrected chi connectivity index (χ1v) is 6.84. The lowest BCUT2D eigenvalue weighted by Crippen LogP contribution is -2.51. The molecule has 3 nitrogen and oxygen atoms in total. The van der Waals surface area contributed by atoms with Crippen LogP contribution in [0.1, 0.15) is 44.9 Å². The number of hydrogen-bond acceptors (Lipinski definition) is 3. The van der Waals surface area contributed by atoms with Crippen molar-refractivity contribution in [3.8, 4) is 0 Å². The van der Waals surface area contributed by atoms with E-state index >= 15 is 0 Å². The van der Waals surface area contributed by atoms with E-state index < -0.39 is 0 Å². The normalized spacial score (nSPS) is 33.9. The number of hydrogen-bond donors (Lipinski definition) is 1. The number of likely N-dealkylation sites (N-methyl/N-ethyl adjacent to an activating group) is 1. The molecule has 2 fully saturated rings. The van der Waals surface area contributed by atoms with Gasteiger partial charge in [-0.15, -0.1) is 0 Å². The number of nitrogens with two attached hydrogens (primary N) is 1. The van der Waals surface area contributed by atoms with E-state index in [2.05, 4.69) is 11.9 Å². The second-order valence-corrected chi connectivity index (χ2v) is 5.38. The second-order valence-electron chi connectivity index (χ2n) is 5.38. The van der Waals surface area contributed by atoms with Crippen molar-refractivity contribution < 1.29 is 4.74 Å². The van der Waals surface area contributed by atoms with Gasteiger partial charge in [-0.25, -0.2) is 0 Å². The minimum Gasteiger partial charge on any atom is -0.381 e. The summed E-state index contributed by atoms with van der Waals surface area (Å²) in [6, 6.07) is 1.68. The molecule has 2 N–H and O–H groups in total. The minimum absolute atomic E-state index is 0.385. The smallest absolute Gasteiger partial charge is 0.0480 e. The number of nitrogens with zero attached hydrogens (tertiary/aromatic N) is 1. The molecule has 16 heavy (non-hydrogen) atoms. The van der Waals surface area contributed by atoms with Gasteiger partial charge in [0.15, 0.2) is 0 Å². The lowest BCUT2D eigenvalue weighted by atomic mass is 9.98. The molecule has 0 amide bonds. The first kappa shape index (κ1) is 12.3. The van der Waals surface area contributed by atoms with Gasteiger partial charge in [0.05, 0.1) is 0 Å². The average Bonchev–Trinajstić information content (AvgIpc) is 2.54. The van der Waals surface area contributed by atoms with Crippen molar-refractivity contribution in [1.82, 2.24) is 4.90 Å². The molecule has 94 valence electrons. The van der Waals surface area contributed by atoms with Crippen LogP contribution in [0, 0.1) is 0 Å². The Morgan fingerprint density at radius 2 is 1.69 bits per heavy atom. The van der Waals surface area contributed by atoms with Crippen molar-refractivity contribution in [2.24, 2.45) is 5.73 Å². The van der Waals surface area contributed by atoms with Gasteiger partial charge < -0.3 is 10.5 Å². The number of rotatable bonds is 2. The number of ether oxygens (including phenoxy) is 1. The molecule has 2 aliphatic rings. The third-order valence-corrected chi connectivity index (χ3v) is 4.32. The predicted octanol–water partition coefficient (Wildman–Crippen LogP) is 1.76. The Morgan fingerprint density at radius 1 is 1.00 bits per heavy atom. The van der Waals surface area contributed by atoms with E-state index in [9.17, 15) is 0 Å². The molecule has 2 rings (SSSR count). The summed E-state index contributed by atoms with van der Waals surface area (Å²) in [4.78, 5) is 2.55. The van der Waals surface area contributed by atoms with Crippen molar-refractivity contribution >= 4 is 0 Å². The van der Waals surface area contributed by atoms with Crippen LogP contribution < -0.4 is 5.73 Å². The van der Waals surface area contributed by atoms with Gasteiger partial charge in [-0.05, 0) is 32.7 Å². The molecular weight excluding hydrogens is 200 g/mol. The van der Waals surface area contributed by atoms with Crippen LogP contribution in [0.4, 0.5) is 0 Å². The fraction of sp³-hybridized carbons (Fsp3) is 1.00. The largest absolute Gasteiger partial charge is 0.381 e. The Balaban J connectivity index is 1.92. The molecule has 0 bridgehead atoms. The Morgan fingerprint density at radius 3 is 2.44 bits per heavy atom. The van der Waals surface area contributed by atoms with Gasteiger partial charge in [-0.2, -0.15) is 0 Å². The first-order chi connectivity index (χ1) is 7.79. The Kier molecular flexibility index (Phi) is 4.62. The maximum absolute atomic E-state index is 6.31. The first-order valence-electron chi connectivity index (χ1n) is 6.84. The van der Waals surface area contributed by atoms with Crippen LogP contribution in [0.3, 0.4) is 0 Å². The van der Waals surface area contributed by atoms with Crippen LogP contribution in [0.5, 0.6) is 0 Å². The van der Waals surface area contributed by atoms with E-state index in [-0.39, 0.29) is 0 Å². The molecule has 1 aliphatic carbocycles. The van der Waals surface area contributed by atoms with Gasteiger partial charge in [0, 0.05) is 31.3 Å². The summed E-state index contributed by atoms with van der Waals surface area (Å²) in [5, 5.41) is 0. The Labute approximate surface area is 99.3 Å². The zero-order valence-corrected chi connectivity index (χ0v) is 10.5. The van der Waals surface area contributed by atoms with Gasteiger partial charge in [0.2, 0.25) is 0 Å². The minimum atomic E-state index is 0.385. The SMILES string of the molecule is CN(C1CCOCC1)C1CCCCCC1N. The fourth-order valence-electron chi connectivity index (χ4n) is 3.19. The maximum Gasteiger partial charge on any atom is 0.0480 e. The summed E-state index contributed by atoms with van der Waals surface area (Å²) in [5.74, 6) is 0. The zero-order valence-electron chi connectivity index (χ0n) is 10.5. The van der Waals surface area contributed by atoms with Gasteiger partial charge in [0.1, 0.15) is 0 Å². The third kappa shape index (κ3) is 2.96. The molecule has 1 heterocycles. The monoisotopic (exact) mass is 226 g/mol. The van der Waals surface area contributed by atoms with Crippen LogP contribution in [0.25, 0.3) is 0 Å². The molecule has 0 aromatic carbocycles. The fourth-order valence-corrected chi connectivity index (χ4v) is 3.19. The Bertz CT molecular complexity index is 204. The topological polar surface area (TPSA) is 38.5 Å². The van der Waals surface area contributed by atoms with Crippen LogP contribution >= 0.6 is 0 Å². The molecule has 0 spiro atoms. The maximum atomic E-state index is 6.31. The van der Waals surface area contributed by atoms with Gasteiger partial charge >= 0.3 is 0 Å². The third-order valence-electron chi connectivity index (χ3n) is 4.32. The molecule has 2 unspecified atom stereocenters. The summed E-state index contributed by atoms with van der Waals surface area (Å²) in [7, 11) is 2.27. The Hall–Kier alpha value is -0.120. The van der Waals surface area contributed by atoms with E-state index in [1.54, 1.807) is 0 Å². The highest BCUT2D eigenvalue weighted by atomic mass is 16.5. The zero-order chi connectivity index (χ0) is 11.4. The van der Waals surface area contributed by atoms with Gasteiger partial charge in [0.25, 0.3) is 0 Å². The van der Waals surface area contributed by atoms with Crippen molar-refractivity contribution in [2.45, 2.75) is 63.1 Å². The molecule has 0 aromatic rings. The van der Waals surface area contributed by atoms with Crippen molar-refractivity contribution in [2.75, 3.05) is 20.3 Å². The quantitative estimate of drug-likeness (QED) is 0.729. The molecule has 1 saturated heterocycles. The summed E-state index contributed by atoms with van der Waals surface area (Å²) >= 11 is 0. The highest BCUT2D eigenvalue weighted by Gasteiger charge is 2.29. The summed E-state index contributed by atoms with van der Waals surface area (Å²) in [5.41, 5.74) is 6.31. The van der Waals surface area contributed by atoms with E-state index in [4.69, 9.17) is 10.5 Å². The van der Waals surface area contributed by atoms with Crippen LogP contribution in [0.2, 0.25) is 0 Å². The van der Waals surface area contributed by atoms with Gasteiger partial charge in [-0.1, -0.05) is 19.3 Å². The standard InChI is InChI=1S/C13H26N2O/c1-15(11-7-9-16-10-8-11)13-6-4-2-3-5-12(13)14/h11-13H,2-10,14H2,1H3. The summed E-state index contributed by atoms with van der Waals surface area (Å²) in [6.45, 7) is 1.86. The molecule has 2 atom stereocenters. The molecule has 1 saturated carbocycles. The van der Waals surface area contributed by atoms with Gasteiger partial charge in [-0.3, -0.25) is 4.90 Å².